The summed E-state index contributed by atoms with van der Waals surface area (Å²) in [6.07, 6.45) is 1.95. The highest BCUT2D eigenvalue weighted by Gasteiger charge is 2.29. The minimum absolute atomic E-state index is 0.00803. The van der Waals surface area contributed by atoms with Gasteiger partial charge >= 0.3 is 0 Å². The molecule has 31 heavy (non-hydrogen) atoms. The fourth-order valence-electron chi connectivity index (χ4n) is 3.20. The number of sulfonamides is 1. The Balaban J connectivity index is 2.15. The Morgan fingerprint density at radius 2 is 1.65 bits per heavy atom. The second-order valence-corrected chi connectivity index (χ2v) is 9.48. The summed E-state index contributed by atoms with van der Waals surface area (Å²) in [7, 11) is -2.10. The summed E-state index contributed by atoms with van der Waals surface area (Å²) in [6.45, 7) is 7.69. The molecule has 1 N–H and O–H groups in total. The van der Waals surface area contributed by atoms with Crippen molar-refractivity contribution in [2.75, 3.05) is 17.7 Å². The van der Waals surface area contributed by atoms with Crippen LogP contribution >= 0.6 is 0 Å². The summed E-state index contributed by atoms with van der Waals surface area (Å²) in [6, 6.07) is 11.7. The van der Waals surface area contributed by atoms with E-state index in [0.717, 1.165) is 28.1 Å². The zero-order chi connectivity index (χ0) is 23.2. The van der Waals surface area contributed by atoms with Gasteiger partial charge in [0.25, 0.3) is 0 Å². The predicted molar refractivity (Wildman–Crippen MR) is 123 cm³/mol. The molecule has 0 aliphatic rings. The Morgan fingerprint density at radius 1 is 1.03 bits per heavy atom. The fraction of sp³-hybridized carbons (Fsp3) is 0.435. The molecule has 7 nitrogen and oxygen atoms in total. The molecule has 0 saturated heterocycles. The van der Waals surface area contributed by atoms with E-state index in [1.54, 1.807) is 38.3 Å². The van der Waals surface area contributed by atoms with Crippen molar-refractivity contribution in [1.29, 1.82) is 0 Å². The van der Waals surface area contributed by atoms with Gasteiger partial charge in [-0.15, -0.1) is 0 Å². The number of hydrogen-bond acceptors (Lipinski definition) is 5. The SMILES string of the molecule is CCc1ccc(N([C@H](C)C(=O)NCc2ccc(OC(C)C)c(OC)c2)S(C)(=O)=O)cc1. The normalized spacial score (nSPS) is 12.4. The van der Waals surface area contributed by atoms with Gasteiger partial charge in [-0.25, -0.2) is 8.42 Å². The topological polar surface area (TPSA) is 84.9 Å². The number of nitrogens with zero attached hydrogens (tertiary/aromatic N) is 1. The van der Waals surface area contributed by atoms with Gasteiger partial charge in [-0.05, 0) is 62.6 Å². The first-order valence-corrected chi connectivity index (χ1v) is 12.1. The molecule has 0 fully saturated rings. The maximum Gasteiger partial charge on any atom is 0.243 e. The highest BCUT2D eigenvalue weighted by molar-refractivity contribution is 7.92. The minimum Gasteiger partial charge on any atom is -0.493 e. The Morgan fingerprint density at radius 3 is 2.16 bits per heavy atom. The van der Waals surface area contributed by atoms with E-state index in [1.165, 1.54) is 0 Å². The third-order valence-corrected chi connectivity index (χ3v) is 5.99. The summed E-state index contributed by atoms with van der Waals surface area (Å²) < 4.78 is 37.1. The molecule has 1 atom stereocenters. The van der Waals surface area contributed by atoms with Crippen molar-refractivity contribution in [2.24, 2.45) is 0 Å². The van der Waals surface area contributed by atoms with Gasteiger partial charge in [-0.2, -0.15) is 0 Å². The quantitative estimate of drug-likeness (QED) is 0.601. The molecule has 0 heterocycles. The van der Waals surface area contributed by atoms with Gasteiger partial charge in [0.2, 0.25) is 15.9 Å². The average molecular weight is 449 g/mol. The molecule has 2 aromatic rings. The highest BCUT2D eigenvalue weighted by Crippen LogP contribution is 2.29. The van der Waals surface area contributed by atoms with E-state index in [9.17, 15) is 13.2 Å². The van der Waals surface area contributed by atoms with Crippen LogP contribution in [-0.2, 0) is 27.8 Å². The van der Waals surface area contributed by atoms with Crippen LogP contribution < -0.4 is 19.1 Å². The number of hydrogen-bond donors (Lipinski definition) is 1. The van der Waals surface area contributed by atoms with E-state index < -0.39 is 22.0 Å². The van der Waals surface area contributed by atoms with Crippen molar-refractivity contribution in [3.63, 3.8) is 0 Å². The van der Waals surface area contributed by atoms with E-state index in [-0.39, 0.29) is 12.6 Å². The van der Waals surface area contributed by atoms with Gasteiger partial charge < -0.3 is 14.8 Å². The number of carbonyl (C=O) groups excluding carboxylic acids is 1. The molecule has 0 spiro atoms. The minimum atomic E-state index is -3.66. The first-order chi connectivity index (χ1) is 14.6. The zero-order valence-electron chi connectivity index (χ0n) is 19.0. The Bertz CT molecular complexity index is 988. The first kappa shape index (κ1) is 24.5. The van der Waals surface area contributed by atoms with Crippen molar-refractivity contribution >= 4 is 21.6 Å². The van der Waals surface area contributed by atoms with Gasteiger partial charge in [-0.3, -0.25) is 9.10 Å². The monoisotopic (exact) mass is 448 g/mol. The number of nitrogens with one attached hydrogen (secondary N) is 1. The number of aryl methyl sites for hydroxylation is 1. The molecule has 0 aliphatic carbocycles. The number of ether oxygens (including phenoxy) is 2. The second-order valence-electron chi connectivity index (χ2n) is 7.62. The van der Waals surface area contributed by atoms with Crippen LogP contribution in [-0.4, -0.2) is 39.8 Å². The van der Waals surface area contributed by atoms with Crippen molar-refractivity contribution in [1.82, 2.24) is 5.32 Å². The van der Waals surface area contributed by atoms with Gasteiger partial charge in [0.1, 0.15) is 6.04 Å². The lowest BCUT2D eigenvalue weighted by molar-refractivity contribution is -0.122. The molecule has 8 heteroatoms. The molecule has 0 aliphatic heterocycles. The van der Waals surface area contributed by atoms with Crippen LogP contribution in [0, 0.1) is 0 Å². The predicted octanol–water partition coefficient (Wildman–Crippen LogP) is 3.52. The zero-order valence-corrected chi connectivity index (χ0v) is 19.8. The second kappa shape index (κ2) is 10.5. The third kappa shape index (κ3) is 6.62. The molecule has 0 bridgehead atoms. The maximum absolute atomic E-state index is 12.8. The largest absolute Gasteiger partial charge is 0.493 e. The summed E-state index contributed by atoms with van der Waals surface area (Å²) in [5.74, 6) is 0.800. The fourth-order valence-corrected chi connectivity index (χ4v) is 4.37. The van der Waals surface area contributed by atoms with Crippen LogP contribution in [0.1, 0.15) is 38.8 Å². The molecular weight excluding hydrogens is 416 g/mol. The molecule has 2 rings (SSSR count). The molecule has 0 aromatic heterocycles. The van der Waals surface area contributed by atoms with Crippen LogP contribution in [0.2, 0.25) is 0 Å². The summed E-state index contributed by atoms with van der Waals surface area (Å²) in [4.78, 5) is 12.8. The number of amides is 1. The standard InChI is InChI=1S/C23H32N2O5S/c1-7-18-8-11-20(12-9-18)25(31(6,27)28)17(4)23(26)24-15-19-10-13-21(30-16(2)3)22(14-19)29-5/h8-14,16-17H,7,15H2,1-6H3,(H,24,26)/t17-/m1/s1. The molecular formula is C23H32N2O5S. The Kier molecular flexibility index (Phi) is 8.33. The number of anilines is 1. The van der Waals surface area contributed by atoms with E-state index >= 15 is 0 Å². The van der Waals surface area contributed by atoms with E-state index in [4.69, 9.17) is 9.47 Å². The highest BCUT2D eigenvalue weighted by atomic mass is 32.2. The molecule has 1 amide bonds. The Hall–Kier alpha value is -2.74. The number of carbonyl (C=O) groups is 1. The number of rotatable bonds is 10. The van der Waals surface area contributed by atoms with Crippen molar-refractivity contribution in [3.05, 3.63) is 53.6 Å². The van der Waals surface area contributed by atoms with Gasteiger partial charge in [0.05, 0.1) is 25.2 Å². The average Bonchev–Trinajstić information content (AvgIpc) is 2.71. The molecule has 0 unspecified atom stereocenters. The molecule has 2 aromatic carbocycles. The third-order valence-electron chi connectivity index (χ3n) is 4.75. The van der Waals surface area contributed by atoms with Crippen molar-refractivity contribution < 1.29 is 22.7 Å². The van der Waals surface area contributed by atoms with E-state index in [1.807, 2.05) is 39.0 Å². The smallest absolute Gasteiger partial charge is 0.243 e. The van der Waals surface area contributed by atoms with Crippen LogP contribution in [0.25, 0.3) is 0 Å². The van der Waals surface area contributed by atoms with E-state index in [2.05, 4.69) is 5.32 Å². The first-order valence-electron chi connectivity index (χ1n) is 10.3. The number of benzene rings is 2. The summed E-state index contributed by atoms with van der Waals surface area (Å²) >= 11 is 0. The van der Waals surface area contributed by atoms with Gasteiger partial charge in [-0.1, -0.05) is 25.1 Å². The van der Waals surface area contributed by atoms with Gasteiger partial charge in [0.15, 0.2) is 11.5 Å². The molecule has 0 radical (unpaired) electrons. The lowest BCUT2D eigenvalue weighted by Gasteiger charge is -2.28. The van der Waals surface area contributed by atoms with E-state index in [0.29, 0.717) is 17.2 Å². The summed E-state index contributed by atoms with van der Waals surface area (Å²) in [5.41, 5.74) is 2.36. The van der Waals surface area contributed by atoms with Crippen molar-refractivity contribution in [3.8, 4) is 11.5 Å². The van der Waals surface area contributed by atoms with Crippen molar-refractivity contribution in [2.45, 2.75) is 52.8 Å². The van der Waals surface area contributed by atoms with Crippen LogP contribution in [0.4, 0.5) is 5.69 Å². The lowest BCUT2D eigenvalue weighted by atomic mass is 10.1. The van der Waals surface area contributed by atoms with Crippen LogP contribution in [0.3, 0.4) is 0 Å². The lowest BCUT2D eigenvalue weighted by Crippen LogP contribution is -2.47. The molecule has 0 saturated carbocycles. The summed E-state index contributed by atoms with van der Waals surface area (Å²) in [5, 5.41) is 2.81. The molecule has 170 valence electrons. The number of methoxy groups -OCH3 is 1. The van der Waals surface area contributed by atoms with Crippen LogP contribution in [0.5, 0.6) is 11.5 Å². The van der Waals surface area contributed by atoms with Gasteiger partial charge in [0, 0.05) is 6.54 Å². The maximum atomic E-state index is 12.8. The Labute approximate surface area is 185 Å². The van der Waals surface area contributed by atoms with Crippen LogP contribution in [0.15, 0.2) is 42.5 Å².